The molecule has 0 aliphatic carbocycles. The van der Waals surface area contributed by atoms with E-state index in [1.54, 1.807) is 6.20 Å². The zero-order valence-corrected chi connectivity index (χ0v) is 11.8. The molecule has 0 unspecified atom stereocenters. The SMILES string of the molecule is N#Cc1nccnc1NCCN1CCc2ccccc2C1. The van der Waals surface area contributed by atoms with E-state index >= 15 is 0 Å². The summed E-state index contributed by atoms with van der Waals surface area (Å²) < 4.78 is 0. The van der Waals surface area contributed by atoms with Crippen molar-refractivity contribution >= 4 is 5.82 Å². The molecule has 0 radical (unpaired) electrons. The van der Waals surface area contributed by atoms with Gasteiger partial charge in [-0.2, -0.15) is 5.26 Å². The number of anilines is 1. The Morgan fingerprint density at radius 1 is 1.19 bits per heavy atom. The van der Waals surface area contributed by atoms with Gasteiger partial charge in [-0.3, -0.25) is 4.90 Å². The second kappa shape index (κ2) is 6.33. The topological polar surface area (TPSA) is 64.8 Å². The van der Waals surface area contributed by atoms with Crippen molar-refractivity contribution in [1.29, 1.82) is 5.26 Å². The molecule has 3 rings (SSSR count). The van der Waals surface area contributed by atoms with Crippen LogP contribution < -0.4 is 5.32 Å². The van der Waals surface area contributed by atoms with E-state index < -0.39 is 0 Å². The highest BCUT2D eigenvalue weighted by Crippen LogP contribution is 2.18. The number of fused-ring (bicyclic) bond motifs is 1. The second-order valence-electron chi connectivity index (χ2n) is 5.09. The summed E-state index contributed by atoms with van der Waals surface area (Å²) in [4.78, 5) is 10.6. The lowest BCUT2D eigenvalue weighted by Crippen LogP contribution is -2.34. The molecule has 5 heteroatoms. The number of benzene rings is 1. The summed E-state index contributed by atoms with van der Waals surface area (Å²) in [5, 5.41) is 12.2. The summed E-state index contributed by atoms with van der Waals surface area (Å²) in [7, 11) is 0. The summed E-state index contributed by atoms with van der Waals surface area (Å²) in [6, 6.07) is 10.7. The normalized spacial score (nSPS) is 14.2. The smallest absolute Gasteiger partial charge is 0.182 e. The van der Waals surface area contributed by atoms with Gasteiger partial charge in [-0.15, -0.1) is 0 Å². The number of nitriles is 1. The molecule has 1 aliphatic heterocycles. The van der Waals surface area contributed by atoms with Gasteiger partial charge in [0.15, 0.2) is 11.5 Å². The molecule has 1 aliphatic rings. The van der Waals surface area contributed by atoms with Crippen LogP contribution in [0.25, 0.3) is 0 Å². The van der Waals surface area contributed by atoms with E-state index in [2.05, 4.69) is 44.5 Å². The lowest BCUT2D eigenvalue weighted by atomic mass is 10.00. The Bertz CT molecular complexity index is 662. The van der Waals surface area contributed by atoms with Crippen LogP contribution in [0.1, 0.15) is 16.8 Å². The maximum absolute atomic E-state index is 8.97. The third-order valence-electron chi connectivity index (χ3n) is 3.73. The van der Waals surface area contributed by atoms with Gasteiger partial charge in [0.2, 0.25) is 0 Å². The molecule has 21 heavy (non-hydrogen) atoms. The highest BCUT2D eigenvalue weighted by molar-refractivity contribution is 5.46. The molecular weight excluding hydrogens is 262 g/mol. The lowest BCUT2D eigenvalue weighted by Gasteiger charge is -2.28. The summed E-state index contributed by atoms with van der Waals surface area (Å²) >= 11 is 0. The molecule has 2 aromatic rings. The highest BCUT2D eigenvalue weighted by Gasteiger charge is 2.15. The molecular formula is C16H17N5. The maximum Gasteiger partial charge on any atom is 0.182 e. The van der Waals surface area contributed by atoms with Crippen LogP contribution in [-0.4, -0.2) is 34.5 Å². The van der Waals surface area contributed by atoms with Gasteiger partial charge < -0.3 is 5.32 Å². The fraction of sp³-hybridized carbons (Fsp3) is 0.312. The Morgan fingerprint density at radius 3 is 2.86 bits per heavy atom. The molecule has 0 atom stereocenters. The minimum atomic E-state index is 0.349. The summed E-state index contributed by atoms with van der Waals surface area (Å²) in [6.07, 6.45) is 4.23. The van der Waals surface area contributed by atoms with Gasteiger partial charge in [0.25, 0.3) is 0 Å². The van der Waals surface area contributed by atoms with Gasteiger partial charge in [0.05, 0.1) is 0 Å². The quantitative estimate of drug-likeness (QED) is 0.924. The van der Waals surface area contributed by atoms with Gasteiger partial charge in [-0.05, 0) is 17.5 Å². The molecule has 0 saturated heterocycles. The largest absolute Gasteiger partial charge is 0.366 e. The standard InChI is InChI=1S/C16H17N5/c17-11-15-16(19-7-6-18-15)20-8-10-21-9-5-13-3-1-2-4-14(13)12-21/h1-4,6-7H,5,8-10,12H2,(H,19,20). The number of nitrogens with zero attached hydrogens (tertiary/aromatic N) is 4. The molecule has 5 nitrogen and oxygen atoms in total. The van der Waals surface area contributed by atoms with E-state index in [0.717, 1.165) is 32.6 Å². The third-order valence-corrected chi connectivity index (χ3v) is 3.73. The van der Waals surface area contributed by atoms with Crippen molar-refractivity contribution in [2.45, 2.75) is 13.0 Å². The molecule has 0 amide bonds. The lowest BCUT2D eigenvalue weighted by molar-refractivity contribution is 0.264. The Morgan fingerprint density at radius 2 is 2.00 bits per heavy atom. The Kier molecular flexibility index (Phi) is 4.08. The Labute approximate surface area is 124 Å². The molecule has 106 valence electrons. The van der Waals surface area contributed by atoms with E-state index in [9.17, 15) is 0 Å². The van der Waals surface area contributed by atoms with E-state index in [4.69, 9.17) is 5.26 Å². The van der Waals surface area contributed by atoms with Crippen LogP contribution in [0, 0.1) is 11.3 Å². The molecule has 0 spiro atoms. The minimum absolute atomic E-state index is 0.349. The van der Waals surface area contributed by atoms with Crippen molar-refractivity contribution in [3.8, 4) is 6.07 Å². The molecule has 2 heterocycles. The van der Waals surface area contributed by atoms with Gasteiger partial charge >= 0.3 is 0 Å². The molecule has 0 fully saturated rings. The van der Waals surface area contributed by atoms with Crippen molar-refractivity contribution in [3.05, 3.63) is 53.5 Å². The van der Waals surface area contributed by atoms with E-state index in [-0.39, 0.29) is 0 Å². The summed E-state index contributed by atoms with van der Waals surface area (Å²) in [5.74, 6) is 0.567. The van der Waals surface area contributed by atoms with Crippen molar-refractivity contribution < 1.29 is 0 Å². The van der Waals surface area contributed by atoms with Crippen molar-refractivity contribution in [3.63, 3.8) is 0 Å². The molecule has 1 aromatic carbocycles. The first-order valence-electron chi connectivity index (χ1n) is 7.11. The second-order valence-corrected chi connectivity index (χ2v) is 5.09. The van der Waals surface area contributed by atoms with E-state index in [1.165, 1.54) is 17.3 Å². The average molecular weight is 279 g/mol. The zero-order chi connectivity index (χ0) is 14.5. The highest BCUT2D eigenvalue weighted by atomic mass is 15.1. The van der Waals surface area contributed by atoms with Gasteiger partial charge in [0, 0.05) is 38.6 Å². The summed E-state index contributed by atoms with van der Waals surface area (Å²) in [5.41, 5.74) is 3.23. The number of nitrogens with one attached hydrogen (secondary N) is 1. The van der Waals surface area contributed by atoms with Crippen LogP contribution in [0.15, 0.2) is 36.7 Å². The first kappa shape index (κ1) is 13.5. The van der Waals surface area contributed by atoms with E-state index in [1.807, 2.05) is 6.07 Å². The number of rotatable bonds is 4. The van der Waals surface area contributed by atoms with Gasteiger partial charge in [0.1, 0.15) is 6.07 Å². The Hall–Kier alpha value is -2.45. The van der Waals surface area contributed by atoms with Crippen LogP contribution in [0.3, 0.4) is 0 Å². The monoisotopic (exact) mass is 279 g/mol. The summed E-state index contributed by atoms with van der Waals surface area (Å²) in [6.45, 7) is 3.75. The molecule has 1 N–H and O–H groups in total. The first-order valence-corrected chi connectivity index (χ1v) is 7.11. The number of aromatic nitrogens is 2. The average Bonchev–Trinajstić information content (AvgIpc) is 2.55. The predicted molar refractivity (Wildman–Crippen MR) is 80.7 cm³/mol. The van der Waals surface area contributed by atoms with Crippen molar-refractivity contribution in [2.24, 2.45) is 0 Å². The number of hydrogen-bond donors (Lipinski definition) is 1. The molecule has 0 saturated carbocycles. The fourth-order valence-electron chi connectivity index (χ4n) is 2.63. The van der Waals surface area contributed by atoms with Crippen LogP contribution in [0.5, 0.6) is 0 Å². The zero-order valence-electron chi connectivity index (χ0n) is 11.8. The van der Waals surface area contributed by atoms with Crippen LogP contribution in [-0.2, 0) is 13.0 Å². The van der Waals surface area contributed by atoms with Crippen LogP contribution in [0.4, 0.5) is 5.82 Å². The van der Waals surface area contributed by atoms with E-state index in [0.29, 0.717) is 11.5 Å². The van der Waals surface area contributed by atoms with Crippen molar-refractivity contribution in [1.82, 2.24) is 14.9 Å². The van der Waals surface area contributed by atoms with Crippen LogP contribution in [0.2, 0.25) is 0 Å². The predicted octanol–water partition coefficient (Wildman–Crippen LogP) is 1.82. The fourth-order valence-corrected chi connectivity index (χ4v) is 2.63. The van der Waals surface area contributed by atoms with Crippen LogP contribution >= 0.6 is 0 Å². The molecule has 1 aromatic heterocycles. The third kappa shape index (κ3) is 3.18. The maximum atomic E-state index is 8.97. The Balaban J connectivity index is 1.54. The van der Waals surface area contributed by atoms with Gasteiger partial charge in [-0.25, -0.2) is 9.97 Å². The molecule has 0 bridgehead atoms. The first-order chi connectivity index (χ1) is 10.4. The minimum Gasteiger partial charge on any atom is -0.366 e. The number of hydrogen-bond acceptors (Lipinski definition) is 5. The van der Waals surface area contributed by atoms with Gasteiger partial charge in [-0.1, -0.05) is 24.3 Å². The van der Waals surface area contributed by atoms with Crippen molar-refractivity contribution in [2.75, 3.05) is 25.0 Å².